The van der Waals surface area contributed by atoms with Crippen LogP contribution in [0.25, 0.3) is 44.5 Å². The Bertz CT molecular complexity index is 1810. The van der Waals surface area contributed by atoms with Crippen LogP contribution in [0, 0.1) is 11.3 Å². The van der Waals surface area contributed by atoms with E-state index >= 15 is 0 Å². The molecular formula is C32H22N2O. The van der Waals surface area contributed by atoms with E-state index in [2.05, 4.69) is 96.4 Å². The molecule has 0 saturated heterocycles. The van der Waals surface area contributed by atoms with Crippen LogP contribution in [0.5, 0.6) is 0 Å². The topological polar surface area (TPSA) is 41.9 Å². The van der Waals surface area contributed by atoms with E-state index < -0.39 is 5.41 Å². The van der Waals surface area contributed by atoms with Gasteiger partial charge in [-0.15, -0.1) is 0 Å². The van der Waals surface area contributed by atoms with Gasteiger partial charge in [0.25, 0.3) is 0 Å². The Morgan fingerprint density at radius 1 is 0.771 bits per heavy atom. The lowest BCUT2D eigenvalue weighted by atomic mass is 9.68. The molecule has 0 radical (unpaired) electrons. The molecule has 3 nitrogen and oxygen atoms in total. The van der Waals surface area contributed by atoms with Gasteiger partial charge in [-0.2, -0.15) is 5.26 Å². The number of benzene rings is 4. The molecule has 0 saturated carbocycles. The van der Waals surface area contributed by atoms with Gasteiger partial charge in [0.15, 0.2) is 0 Å². The highest BCUT2D eigenvalue weighted by Crippen LogP contribution is 2.46. The molecular weight excluding hydrogens is 428 g/mol. The van der Waals surface area contributed by atoms with Gasteiger partial charge in [-0.25, -0.2) is 0 Å². The fourth-order valence-corrected chi connectivity index (χ4v) is 5.87. The smallest absolute Gasteiger partial charge is 0.135 e. The molecule has 1 aliphatic carbocycles. The average Bonchev–Trinajstić information content (AvgIpc) is 3.43. The monoisotopic (exact) mass is 450 g/mol. The molecule has 0 fully saturated rings. The van der Waals surface area contributed by atoms with E-state index in [1.54, 1.807) is 0 Å². The lowest BCUT2D eigenvalue weighted by molar-refractivity contribution is 0.534. The van der Waals surface area contributed by atoms with Crippen LogP contribution >= 0.6 is 0 Å². The number of fused-ring (bicyclic) bond motifs is 6. The van der Waals surface area contributed by atoms with Crippen LogP contribution in [0.3, 0.4) is 0 Å². The summed E-state index contributed by atoms with van der Waals surface area (Å²) in [6, 6.07) is 36.3. The van der Waals surface area contributed by atoms with E-state index in [0.717, 1.165) is 44.6 Å². The normalized spacial score (nSPS) is 17.4. The van der Waals surface area contributed by atoms with E-state index in [1.807, 2.05) is 24.3 Å². The van der Waals surface area contributed by atoms with Crippen molar-refractivity contribution < 1.29 is 4.42 Å². The molecule has 0 N–H and O–H groups in total. The van der Waals surface area contributed by atoms with Crippen LogP contribution in [0.4, 0.5) is 0 Å². The third-order valence-corrected chi connectivity index (χ3v) is 7.57. The predicted octanol–water partition coefficient (Wildman–Crippen LogP) is 7.95. The van der Waals surface area contributed by atoms with Gasteiger partial charge in [0.1, 0.15) is 11.3 Å². The van der Waals surface area contributed by atoms with Crippen molar-refractivity contribution in [2.45, 2.75) is 18.8 Å². The van der Waals surface area contributed by atoms with Crippen molar-refractivity contribution in [3.05, 3.63) is 120 Å². The van der Waals surface area contributed by atoms with Crippen molar-refractivity contribution in [1.82, 2.24) is 4.57 Å². The zero-order chi connectivity index (χ0) is 23.6. The molecule has 1 atom stereocenters. The molecule has 7 rings (SSSR count). The van der Waals surface area contributed by atoms with Crippen LogP contribution in [-0.2, 0) is 11.8 Å². The SMILES string of the molecule is CC1(c2ccccc2-n2c3ccccc3c3ccccc32)Cc2c(oc3ccccc23)C=C1C#N. The summed E-state index contributed by atoms with van der Waals surface area (Å²) in [5.41, 5.74) is 6.81. The number of rotatable bonds is 2. The van der Waals surface area contributed by atoms with E-state index in [4.69, 9.17) is 4.42 Å². The highest BCUT2D eigenvalue weighted by atomic mass is 16.3. The van der Waals surface area contributed by atoms with Gasteiger partial charge in [0, 0.05) is 32.7 Å². The van der Waals surface area contributed by atoms with Crippen LogP contribution in [0.1, 0.15) is 23.8 Å². The Labute approximate surface area is 203 Å². The highest BCUT2D eigenvalue weighted by molar-refractivity contribution is 6.09. The molecule has 3 heteroatoms. The second kappa shape index (κ2) is 7.22. The Kier molecular flexibility index (Phi) is 4.10. The maximum Gasteiger partial charge on any atom is 0.135 e. The summed E-state index contributed by atoms with van der Waals surface area (Å²) in [6.07, 6.45) is 2.65. The molecule has 0 aliphatic heterocycles. The lowest BCUT2D eigenvalue weighted by Gasteiger charge is -2.34. The number of para-hydroxylation sites is 4. The fraction of sp³-hybridized carbons (Fsp3) is 0.0938. The summed E-state index contributed by atoms with van der Waals surface area (Å²) in [4.78, 5) is 0. The number of nitriles is 1. The molecule has 6 aromatic rings. The second-order valence-electron chi connectivity index (χ2n) is 9.51. The molecule has 0 bridgehead atoms. The minimum Gasteiger partial charge on any atom is -0.456 e. The molecule has 1 unspecified atom stereocenters. The summed E-state index contributed by atoms with van der Waals surface area (Å²) in [5, 5.41) is 13.9. The number of hydrogen-bond acceptors (Lipinski definition) is 2. The molecule has 2 heterocycles. The standard InChI is InChI=1S/C32H22N2O/c1-32(19-25-24-12-4-9-17-30(24)35-31(25)18-21(32)20-33)26-13-5-8-16-29(26)34-27-14-6-2-10-22(27)23-11-3-7-15-28(23)34/h2-18H,19H2,1H3. The molecule has 35 heavy (non-hydrogen) atoms. The van der Waals surface area contributed by atoms with Crippen LogP contribution in [0.15, 0.2) is 107 Å². The minimum absolute atomic E-state index is 0.503. The van der Waals surface area contributed by atoms with E-state index in [-0.39, 0.29) is 0 Å². The van der Waals surface area contributed by atoms with Crippen molar-refractivity contribution in [3.63, 3.8) is 0 Å². The van der Waals surface area contributed by atoms with Crippen molar-refractivity contribution in [2.75, 3.05) is 0 Å². The lowest BCUT2D eigenvalue weighted by Crippen LogP contribution is -2.31. The Morgan fingerprint density at radius 3 is 2.09 bits per heavy atom. The fourth-order valence-electron chi connectivity index (χ4n) is 5.87. The highest BCUT2D eigenvalue weighted by Gasteiger charge is 2.39. The minimum atomic E-state index is -0.503. The molecule has 166 valence electrons. The Hall–Kier alpha value is -4.55. The molecule has 0 amide bonds. The maximum absolute atomic E-state index is 10.3. The van der Waals surface area contributed by atoms with Crippen molar-refractivity contribution in [3.8, 4) is 11.8 Å². The summed E-state index contributed by atoms with van der Waals surface area (Å²) in [5.74, 6) is 0.801. The van der Waals surface area contributed by atoms with Crippen LogP contribution in [0.2, 0.25) is 0 Å². The first-order valence-corrected chi connectivity index (χ1v) is 11.9. The Balaban J connectivity index is 1.52. The quantitative estimate of drug-likeness (QED) is 0.269. The summed E-state index contributed by atoms with van der Waals surface area (Å²) >= 11 is 0. The average molecular weight is 451 g/mol. The number of allylic oxidation sites excluding steroid dienone is 1. The third-order valence-electron chi connectivity index (χ3n) is 7.57. The van der Waals surface area contributed by atoms with E-state index in [1.165, 1.54) is 16.3 Å². The second-order valence-corrected chi connectivity index (χ2v) is 9.51. The number of aromatic nitrogens is 1. The van der Waals surface area contributed by atoms with Crippen LogP contribution in [-0.4, -0.2) is 4.57 Å². The molecule has 4 aromatic carbocycles. The van der Waals surface area contributed by atoms with Gasteiger partial charge in [0.2, 0.25) is 0 Å². The first-order chi connectivity index (χ1) is 17.2. The zero-order valence-electron chi connectivity index (χ0n) is 19.3. The number of nitrogens with zero attached hydrogens (tertiary/aromatic N) is 2. The Morgan fingerprint density at radius 2 is 1.37 bits per heavy atom. The summed E-state index contributed by atoms with van der Waals surface area (Å²) in [6.45, 7) is 2.19. The molecule has 1 aliphatic rings. The van der Waals surface area contributed by atoms with Crippen molar-refractivity contribution >= 4 is 38.9 Å². The maximum atomic E-state index is 10.3. The largest absolute Gasteiger partial charge is 0.456 e. The van der Waals surface area contributed by atoms with Crippen molar-refractivity contribution in [1.29, 1.82) is 5.26 Å². The zero-order valence-corrected chi connectivity index (χ0v) is 19.3. The summed E-state index contributed by atoms with van der Waals surface area (Å²) in [7, 11) is 0. The van der Waals surface area contributed by atoms with Crippen molar-refractivity contribution in [2.24, 2.45) is 0 Å². The van der Waals surface area contributed by atoms with Gasteiger partial charge in [0.05, 0.1) is 22.8 Å². The van der Waals surface area contributed by atoms with E-state index in [9.17, 15) is 5.26 Å². The molecule has 0 spiro atoms. The third kappa shape index (κ3) is 2.71. The first kappa shape index (κ1) is 19.9. The van der Waals surface area contributed by atoms with Gasteiger partial charge in [-0.1, -0.05) is 79.7 Å². The van der Waals surface area contributed by atoms with E-state index in [0.29, 0.717) is 6.42 Å². The summed E-state index contributed by atoms with van der Waals surface area (Å²) < 4.78 is 8.49. The number of furan rings is 1. The van der Waals surface area contributed by atoms with Gasteiger partial charge in [-0.3, -0.25) is 0 Å². The molecule has 2 aromatic heterocycles. The first-order valence-electron chi connectivity index (χ1n) is 11.9. The van der Waals surface area contributed by atoms with Gasteiger partial charge >= 0.3 is 0 Å². The van der Waals surface area contributed by atoms with Gasteiger partial charge < -0.3 is 8.98 Å². The van der Waals surface area contributed by atoms with Gasteiger partial charge in [-0.05, 0) is 42.3 Å². The number of hydrogen-bond donors (Lipinski definition) is 0. The van der Waals surface area contributed by atoms with Crippen LogP contribution < -0.4 is 0 Å². The predicted molar refractivity (Wildman–Crippen MR) is 142 cm³/mol.